The fourth-order valence-corrected chi connectivity index (χ4v) is 1.07. The molecule has 0 aliphatic rings. The van der Waals surface area contributed by atoms with Crippen LogP contribution in [0.1, 0.15) is 18.2 Å². The average Bonchev–Trinajstić information content (AvgIpc) is 2.14. The Morgan fingerprint density at radius 3 is 3.00 bits per heavy atom. The van der Waals surface area contributed by atoms with E-state index in [1.807, 2.05) is 26.0 Å². The second kappa shape index (κ2) is 4.94. The van der Waals surface area contributed by atoms with E-state index in [4.69, 9.17) is 5.11 Å². The summed E-state index contributed by atoms with van der Waals surface area (Å²) in [5.41, 5.74) is 2.23. The molecule has 0 amide bonds. The van der Waals surface area contributed by atoms with Gasteiger partial charge in [0.1, 0.15) is 0 Å². The molecule has 0 saturated carbocycles. The van der Waals surface area contributed by atoms with E-state index < -0.39 is 0 Å². The fourth-order valence-electron chi connectivity index (χ4n) is 1.07. The van der Waals surface area contributed by atoms with Crippen LogP contribution in [0.4, 0.5) is 0 Å². The minimum absolute atomic E-state index is 0.147. The summed E-state index contributed by atoms with van der Waals surface area (Å²) in [6.07, 6.45) is 1.80. The van der Waals surface area contributed by atoms with E-state index in [2.05, 4.69) is 10.3 Å². The highest BCUT2D eigenvalue weighted by molar-refractivity contribution is 5.15. The van der Waals surface area contributed by atoms with Gasteiger partial charge in [0.15, 0.2) is 0 Å². The number of nitrogens with one attached hydrogen (secondary N) is 1. The third-order valence-corrected chi connectivity index (χ3v) is 1.89. The van der Waals surface area contributed by atoms with Crippen molar-refractivity contribution in [1.29, 1.82) is 0 Å². The molecule has 1 aromatic rings. The highest BCUT2D eigenvalue weighted by atomic mass is 16.3. The van der Waals surface area contributed by atoms with Crippen LogP contribution in [0.15, 0.2) is 18.3 Å². The number of aliphatic hydroxyl groups excluding tert-OH is 1. The number of aryl methyl sites for hydroxylation is 1. The van der Waals surface area contributed by atoms with Crippen LogP contribution in [0.5, 0.6) is 0 Å². The minimum atomic E-state index is 0.147. The summed E-state index contributed by atoms with van der Waals surface area (Å²) in [7, 11) is 0. The van der Waals surface area contributed by atoms with Crippen LogP contribution in [0.3, 0.4) is 0 Å². The molecule has 2 N–H and O–H groups in total. The summed E-state index contributed by atoms with van der Waals surface area (Å²) < 4.78 is 0. The first-order chi connectivity index (χ1) is 6.22. The molecule has 1 rings (SSSR count). The molecule has 0 saturated heterocycles. The highest BCUT2D eigenvalue weighted by Crippen LogP contribution is 2.00. The average molecular weight is 180 g/mol. The molecular formula is C10H16N2O. The van der Waals surface area contributed by atoms with Gasteiger partial charge in [-0.15, -0.1) is 0 Å². The van der Waals surface area contributed by atoms with Crippen molar-refractivity contribution in [1.82, 2.24) is 10.3 Å². The van der Waals surface area contributed by atoms with Gasteiger partial charge in [-0.1, -0.05) is 0 Å². The second-order valence-electron chi connectivity index (χ2n) is 3.27. The lowest BCUT2D eigenvalue weighted by Crippen LogP contribution is -2.28. The van der Waals surface area contributed by atoms with Gasteiger partial charge in [-0.05, 0) is 31.5 Å². The zero-order chi connectivity index (χ0) is 9.68. The molecule has 13 heavy (non-hydrogen) atoms. The molecule has 1 atom stereocenters. The van der Waals surface area contributed by atoms with Crippen molar-refractivity contribution in [2.75, 3.05) is 6.61 Å². The Balaban J connectivity index is 2.45. The van der Waals surface area contributed by atoms with Crippen molar-refractivity contribution in [3.05, 3.63) is 29.6 Å². The topological polar surface area (TPSA) is 45.1 Å². The fraction of sp³-hybridized carbons (Fsp3) is 0.500. The van der Waals surface area contributed by atoms with Crippen molar-refractivity contribution in [3.8, 4) is 0 Å². The predicted molar refractivity (Wildman–Crippen MR) is 52.4 cm³/mol. The normalized spacial score (nSPS) is 12.8. The van der Waals surface area contributed by atoms with Crippen LogP contribution in [0.2, 0.25) is 0 Å². The van der Waals surface area contributed by atoms with Crippen LogP contribution in [-0.2, 0) is 6.54 Å². The van der Waals surface area contributed by atoms with Crippen LogP contribution in [-0.4, -0.2) is 22.7 Å². The Morgan fingerprint density at radius 2 is 2.38 bits per heavy atom. The summed E-state index contributed by atoms with van der Waals surface area (Å²) in [5, 5.41) is 12.0. The summed E-state index contributed by atoms with van der Waals surface area (Å²) in [6, 6.07) is 4.16. The third kappa shape index (κ3) is 3.53. The number of aliphatic hydroxyl groups is 1. The molecule has 0 aliphatic heterocycles. The van der Waals surface area contributed by atoms with Crippen molar-refractivity contribution in [2.24, 2.45) is 0 Å². The Kier molecular flexibility index (Phi) is 3.86. The van der Waals surface area contributed by atoms with Gasteiger partial charge in [0.05, 0.1) is 6.61 Å². The van der Waals surface area contributed by atoms with Crippen molar-refractivity contribution in [3.63, 3.8) is 0 Å². The van der Waals surface area contributed by atoms with Crippen LogP contribution < -0.4 is 5.32 Å². The smallest absolute Gasteiger partial charge is 0.0582 e. The molecule has 1 heterocycles. The van der Waals surface area contributed by atoms with Gasteiger partial charge in [-0.25, -0.2) is 0 Å². The standard InChI is InChI=1S/C10H16N2O/c1-8-5-10(3-4-11-8)6-12-9(2)7-13/h3-5,9,12-13H,6-7H2,1-2H3. The molecule has 0 aliphatic carbocycles. The Labute approximate surface area is 78.8 Å². The summed E-state index contributed by atoms with van der Waals surface area (Å²) in [6.45, 7) is 4.88. The molecule has 0 fully saturated rings. The van der Waals surface area contributed by atoms with Crippen molar-refractivity contribution >= 4 is 0 Å². The van der Waals surface area contributed by atoms with Gasteiger partial charge in [0, 0.05) is 24.5 Å². The van der Waals surface area contributed by atoms with Crippen LogP contribution in [0.25, 0.3) is 0 Å². The summed E-state index contributed by atoms with van der Waals surface area (Å²) in [5.74, 6) is 0. The number of rotatable bonds is 4. The maximum atomic E-state index is 8.79. The molecule has 3 heteroatoms. The van der Waals surface area contributed by atoms with E-state index in [1.165, 1.54) is 5.56 Å². The number of hydrogen-bond acceptors (Lipinski definition) is 3. The second-order valence-corrected chi connectivity index (χ2v) is 3.27. The van der Waals surface area contributed by atoms with Gasteiger partial charge in [-0.2, -0.15) is 0 Å². The Hall–Kier alpha value is -0.930. The lowest BCUT2D eigenvalue weighted by molar-refractivity contribution is 0.251. The molecule has 3 nitrogen and oxygen atoms in total. The van der Waals surface area contributed by atoms with Gasteiger partial charge < -0.3 is 10.4 Å². The van der Waals surface area contributed by atoms with E-state index in [-0.39, 0.29) is 12.6 Å². The summed E-state index contributed by atoms with van der Waals surface area (Å²) >= 11 is 0. The largest absolute Gasteiger partial charge is 0.395 e. The molecule has 1 aromatic heterocycles. The predicted octanol–water partition coefficient (Wildman–Crippen LogP) is 0.860. The first-order valence-electron chi connectivity index (χ1n) is 4.48. The molecule has 0 bridgehead atoms. The number of nitrogens with zero attached hydrogens (tertiary/aromatic N) is 1. The van der Waals surface area contributed by atoms with Crippen LogP contribution >= 0.6 is 0 Å². The molecule has 0 spiro atoms. The molecule has 1 unspecified atom stereocenters. The lowest BCUT2D eigenvalue weighted by atomic mass is 10.2. The SMILES string of the molecule is Cc1cc(CNC(C)CO)ccn1. The number of aromatic nitrogens is 1. The summed E-state index contributed by atoms with van der Waals surface area (Å²) in [4.78, 5) is 4.11. The quantitative estimate of drug-likeness (QED) is 0.722. The van der Waals surface area contributed by atoms with Crippen LogP contribution in [0, 0.1) is 6.92 Å². The zero-order valence-electron chi connectivity index (χ0n) is 8.12. The maximum absolute atomic E-state index is 8.79. The molecular weight excluding hydrogens is 164 g/mol. The first-order valence-corrected chi connectivity index (χ1v) is 4.48. The van der Waals surface area contributed by atoms with Gasteiger partial charge in [0.25, 0.3) is 0 Å². The molecule has 72 valence electrons. The van der Waals surface area contributed by atoms with E-state index in [1.54, 1.807) is 6.20 Å². The number of hydrogen-bond donors (Lipinski definition) is 2. The van der Waals surface area contributed by atoms with Crippen molar-refractivity contribution in [2.45, 2.75) is 26.4 Å². The molecule has 0 aromatic carbocycles. The maximum Gasteiger partial charge on any atom is 0.0582 e. The minimum Gasteiger partial charge on any atom is -0.395 e. The van der Waals surface area contributed by atoms with E-state index >= 15 is 0 Å². The molecule has 0 radical (unpaired) electrons. The first kappa shape index (κ1) is 10.2. The monoisotopic (exact) mass is 180 g/mol. The number of pyridine rings is 1. The van der Waals surface area contributed by atoms with E-state index in [0.29, 0.717) is 0 Å². The Bertz CT molecular complexity index is 263. The Morgan fingerprint density at radius 1 is 1.62 bits per heavy atom. The van der Waals surface area contributed by atoms with Gasteiger partial charge >= 0.3 is 0 Å². The zero-order valence-corrected chi connectivity index (χ0v) is 8.12. The third-order valence-electron chi connectivity index (χ3n) is 1.89. The highest BCUT2D eigenvalue weighted by Gasteiger charge is 1.98. The van der Waals surface area contributed by atoms with Gasteiger partial charge in [0.2, 0.25) is 0 Å². The van der Waals surface area contributed by atoms with Gasteiger partial charge in [-0.3, -0.25) is 4.98 Å². The van der Waals surface area contributed by atoms with E-state index in [9.17, 15) is 0 Å². The van der Waals surface area contributed by atoms with E-state index in [0.717, 1.165) is 12.2 Å². The van der Waals surface area contributed by atoms with Crippen molar-refractivity contribution < 1.29 is 5.11 Å². The lowest BCUT2D eigenvalue weighted by Gasteiger charge is -2.10.